The molecule has 0 saturated heterocycles. The summed E-state index contributed by atoms with van der Waals surface area (Å²) in [6, 6.07) is 10.5. The Hall–Kier alpha value is -1.35. The van der Waals surface area contributed by atoms with Gasteiger partial charge in [-0.15, -0.1) is 0 Å². The lowest BCUT2D eigenvalue weighted by Gasteiger charge is -2.17. The Morgan fingerprint density at radius 1 is 1.26 bits per heavy atom. The van der Waals surface area contributed by atoms with Gasteiger partial charge in [0.05, 0.1) is 0 Å². The highest BCUT2D eigenvalue weighted by Gasteiger charge is 2.10. The van der Waals surface area contributed by atoms with Crippen molar-refractivity contribution in [2.24, 2.45) is 0 Å². The summed E-state index contributed by atoms with van der Waals surface area (Å²) in [5.74, 6) is -0.721. The van der Waals surface area contributed by atoms with Gasteiger partial charge >= 0.3 is 5.97 Å². The molecule has 0 aliphatic heterocycles. The number of carboxylic acids is 1. The summed E-state index contributed by atoms with van der Waals surface area (Å²) in [7, 11) is 0. The molecule has 0 aliphatic carbocycles. The Bertz CT molecular complexity index is 325. The van der Waals surface area contributed by atoms with E-state index in [2.05, 4.69) is 24.4 Å². The van der Waals surface area contributed by atoms with Gasteiger partial charge in [0, 0.05) is 12.5 Å². The van der Waals surface area contributed by atoms with E-state index in [1.807, 2.05) is 32.0 Å². The van der Waals surface area contributed by atoms with E-state index in [0.717, 1.165) is 19.4 Å². The van der Waals surface area contributed by atoms with Gasteiger partial charge < -0.3 is 10.4 Å². The minimum Gasteiger partial charge on any atom is -0.481 e. The topological polar surface area (TPSA) is 49.3 Å². The Labute approximate surface area is 117 Å². The van der Waals surface area contributed by atoms with E-state index < -0.39 is 5.97 Å². The molecule has 0 bridgehead atoms. The van der Waals surface area contributed by atoms with Gasteiger partial charge in [-0.25, -0.2) is 0 Å². The van der Waals surface area contributed by atoms with Crippen molar-refractivity contribution >= 4 is 5.97 Å². The monoisotopic (exact) mass is 265 g/mol. The molecule has 1 aromatic rings. The summed E-state index contributed by atoms with van der Waals surface area (Å²) >= 11 is 0. The van der Waals surface area contributed by atoms with Crippen LogP contribution in [0.3, 0.4) is 0 Å². The number of hydrogen-bond donors (Lipinski definition) is 2. The lowest BCUT2D eigenvalue weighted by atomic mass is 10.0. The summed E-state index contributed by atoms with van der Waals surface area (Å²) < 4.78 is 0. The molecule has 0 heterocycles. The zero-order valence-corrected chi connectivity index (χ0v) is 12.4. The summed E-state index contributed by atoms with van der Waals surface area (Å²) in [5.41, 5.74) is 1.26. The molecule has 108 valence electrons. The maximum absolute atomic E-state index is 10.6. The minimum absolute atomic E-state index is 0.230. The molecule has 1 atom stereocenters. The lowest BCUT2D eigenvalue weighted by molar-refractivity contribution is -0.137. The SMILES string of the molecule is CC.CCCNC(CCC(=O)O)Cc1ccccc1. The van der Waals surface area contributed by atoms with Crippen LogP contribution in [0, 0.1) is 0 Å². The Morgan fingerprint density at radius 2 is 1.89 bits per heavy atom. The number of nitrogens with one attached hydrogen (secondary N) is 1. The van der Waals surface area contributed by atoms with Crippen LogP contribution in [-0.2, 0) is 11.2 Å². The van der Waals surface area contributed by atoms with Gasteiger partial charge in [0.25, 0.3) is 0 Å². The lowest BCUT2D eigenvalue weighted by Crippen LogP contribution is -2.32. The van der Waals surface area contributed by atoms with Crippen LogP contribution in [0.15, 0.2) is 30.3 Å². The standard InChI is InChI=1S/C14H21NO2.C2H6/c1-2-10-15-13(8-9-14(16)17)11-12-6-4-3-5-7-12;1-2/h3-7,13,15H,2,8-11H2,1H3,(H,16,17);1-2H3. The summed E-state index contributed by atoms with van der Waals surface area (Å²) in [4.78, 5) is 10.6. The Kier molecular flexibility index (Phi) is 10.9. The van der Waals surface area contributed by atoms with Crippen LogP contribution >= 0.6 is 0 Å². The molecule has 0 amide bonds. The van der Waals surface area contributed by atoms with Crippen LogP contribution in [0.5, 0.6) is 0 Å². The van der Waals surface area contributed by atoms with Crippen molar-refractivity contribution in [3.63, 3.8) is 0 Å². The first-order valence-electron chi connectivity index (χ1n) is 7.21. The number of hydrogen-bond acceptors (Lipinski definition) is 2. The van der Waals surface area contributed by atoms with Crippen molar-refractivity contribution in [2.45, 2.75) is 52.5 Å². The Morgan fingerprint density at radius 3 is 2.42 bits per heavy atom. The third-order valence-electron chi connectivity index (χ3n) is 2.71. The van der Waals surface area contributed by atoms with E-state index in [4.69, 9.17) is 5.11 Å². The first kappa shape index (κ1) is 17.6. The van der Waals surface area contributed by atoms with E-state index in [-0.39, 0.29) is 12.5 Å². The quantitative estimate of drug-likeness (QED) is 0.756. The molecule has 0 saturated carbocycles. The van der Waals surface area contributed by atoms with Crippen LogP contribution in [0.25, 0.3) is 0 Å². The highest BCUT2D eigenvalue weighted by Crippen LogP contribution is 2.07. The first-order chi connectivity index (χ1) is 9.22. The fourth-order valence-corrected chi connectivity index (χ4v) is 1.82. The molecule has 3 nitrogen and oxygen atoms in total. The second-order valence-corrected chi connectivity index (χ2v) is 4.27. The molecular formula is C16H27NO2. The Balaban J connectivity index is 0.00000154. The molecule has 2 N–H and O–H groups in total. The maximum Gasteiger partial charge on any atom is 0.303 e. The van der Waals surface area contributed by atoms with Crippen molar-refractivity contribution in [1.29, 1.82) is 0 Å². The van der Waals surface area contributed by atoms with Crippen LogP contribution in [0.4, 0.5) is 0 Å². The molecule has 19 heavy (non-hydrogen) atoms. The maximum atomic E-state index is 10.6. The van der Waals surface area contributed by atoms with E-state index in [0.29, 0.717) is 6.42 Å². The number of carboxylic acid groups (broad SMARTS) is 1. The number of carbonyl (C=O) groups is 1. The predicted molar refractivity (Wildman–Crippen MR) is 80.4 cm³/mol. The molecule has 1 rings (SSSR count). The van der Waals surface area contributed by atoms with Crippen LogP contribution in [0.1, 0.15) is 45.6 Å². The van der Waals surface area contributed by atoms with E-state index in [1.165, 1.54) is 5.56 Å². The zero-order valence-electron chi connectivity index (χ0n) is 12.4. The van der Waals surface area contributed by atoms with E-state index in [1.54, 1.807) is 0 Å². The van der Waals surface area contributed by atoms with E-state index in [9.17, 15) is 4.79 Å². The third-order valence-corrected chi connectivity index (χ3v) is 2.71. The molecule has 0 aliphatic rings. The van der Waals surface area contributed by atoms with Gasteiger partial charge in [0.15, 0.2) is 0 Å². The molecule has 0 aromatic heterocycles. The van der Waals surface area contributed by atoms with Crippen molar-refractivity contribution < 1.29 is 9.90 Å². The smallest absolute Gasteiger partial charge is 0.303 e. The van der Waals surface area contributed by atoms with Crippen LogP contribution < -0.4 is 5.32 Å². The number of rotatable bonds is 8. The highest BCUT2D eigenvalue weighted by atomic mass is 16.4. The van der Waals surface area contributed by atoms with Crippen molar-refractivity contribution in [2.75, 3.05) is 6.54 Å². The van der Waals surface area contributed by atoms with Crippen molar-refractivity contribution in [3.8, 4) is 0 Å². The van der Waals surface area contributed by atoms with Gasteiger partial charge in [-0.05, 0) is 31.4 Å². The van der Waals surface area contributed by atoms with Gasteiger partial charge in [-0.3, -0.25) is 4.79 Å². The largest absolute Gasteiger partial charge is 0.481 e. The fraction of sp³-hybridized carbons (Fsp3) is 0.562. The second kappa shape index (κ2) is 11.7. The fourth-order valence-electron chi connectivity index (χ4n) is 1.82. The summed E-state index contributed by atoms with van der Waals surface area (Å²) in [5, 5.41) is 12.1. The van der Waals surface area contributed by atoms with Crippen LogP contribution in [-0.4, -0.2) is 23.7 Å². The van der Waals surface area contributed by atoms with Crippen molar-refractivity contribution in [1.82, 2.24) is 5.32 Å². The number of benzene rings is 1. The molecule has 1 aromatic carbocycles. The molecule has 1 unspecified atom stereocenters. The zero-order chi connectivity index (χ0) is 14.5. The summed E-state index contributed by atoms with van der Waals surface area (Å²) in [6.07, 6.45) is 2.88. The van der Waals surface area contributed by atoms with Crippen LogP contribution in [0.2, 0.25) is 0 Å². The van der Waals surface area contributed by atoms with Crippen molar-refractivity contribution in [3.05, 3.63) is 35.9 Å². The van der Waals surface area contributed by atoms with Gasteiger partial charge in [-0.1, -0.05) is 51.1 Å². The predicted octanol–water partition coefficient (Wildman–Crippen LogP) is 3.49. The molecular weight excluding hydrogens is 238 g/mol. The molecule has 0 fully saturated rings. The first-order valence-corrected chi connectivity index (χ1v) is 7.21. The van der Waals surface area contributed by atoms with E-state index >= 15 is 0 Å². The number of aliphatic carboxylic acids is 1. The summed E-state index contributed by atoms with van der Waals surface area (Å²) in [6.45, 7) is 7.06. The molecule has 0 radical (unpaired) electrons. The average Bonchev–Trinajstić information content (AvgIpc) is 2.45. The normalized spacial score (nSPS) is 11.3. The second-order valence-electron chi connectivity index (χ2n) is 4.27. The molecule has 0 spiro atoms. The molecule has 3 heteroatoms. The van der Waals surface area contributed by atoms with Gasteiger partial charge in [0.1, 0.15) is 0 Å². The van der Waals surface area contributed by atoms with Gasteiger partial charge in [-0.2, -0.15) is 0 Å². The van der Waals surface area contributed by atoms with Gasteiger partial charge in [0.2, 0.25) is 0 Å². The third kappa shape index (κ3) is 9.25. The minimum atomic E-state index is -0.721. The highest BCUT2D eigenvalue weighted by molar-refractivity contribution is 5.66. The average molecular weight is 265 g/mol.